The molecule has 5 nitrogen and oxygen atoms in total. The lowest BCUT2D eigenvalue weighted by Gasteiger charge is -2.28. The van der Waals surface area contributed by atoms with E-state index >= 15 is 0 Å². The summed E-state index contributed by atoms with van der Waals surface area (Å²) in [6.07, 6.45) is 3.70. The summed E-state index contributed by atoms with van der Waals surface area (Å²) in [5.74, 6) is 0.172. The third kappa shape index (κ3) is 5.06. The number of amides is 2. The fraction of sp³-hybridized carbons (Fsp3) is 0.579. The first-order valence-electron chi connectivity index (χ1n) is 8.63. The van der Waals surface area contributed by atoms with Gasteiger partial charge in [-0.25, -0.2) is 0 Å². The average molecular weight is 332 g/mol. The van der Waals surface area contributed by atoms with Gasteiger partial charge in [0.2, 0.25) is 5.91 Å². The SMILES string of the molecule is CC(C)(C)C(=O)Nc1cccc(C(=O)NC2CCC(CO)CC2)c1. The van der Waals surface area contributed by atoms with Gasteiger partial charge >= 0.3 is 0 Å². The zero-order valence-corrected chi connectivity index (χ0v) is 14.8. The smallest absolute Gasteiger partial charge is 0.251 e. The summed E-state index contributed by atoms with van der Waals surface area (Å²) in [5.41, 5.74) is 0.696. The second-order valence-corrected chi connectivity index (χ2v) is 7.66. The number of carbonyl (C=O) groups excluding carboxylic acids is 2. The van der Waals surface area contributed by atoms with Crippen molar-refractivity contribution >= 4 is 17.5 Å². The molecule has 2 amide bonds. The van der Waals surface area contributed by atoms with Crippen LogP contribution in [0.3, 0.4) is 0 Å². The minimum atomic E-state index is -0.483. The van der Waals surface area contributed by atoms with E-state index in [1.165, 1.54) is 0 Å². The number of aliphatic hydroxyl groups is 1. The van der Waals surface area contributed by atoms with Crippen molar-refractivity contribution in [3.8, 4) is 0 Å². The molecular formula is C19H28N2O3. The van der Waals surface area contributed by atoms with Crippen LogP contribution in [0.1, 0.15) is 56.8 Å². The van der Waals surface area contributed by atoms with Crippen LogP contribution in [-0.4, -0.2) is 29.6 Å². The molecule has 0 spiro atoms. The first-order chi connectivity index (χ1) is 11.3. The Hall–Kier alpha value is -1.88. The average Bonchev–Trinajstić information content (AvgIpc) is 2.55. The van der Waals surface area contributed by atoms with Crippen molar-refractivity contribution in [2.75, 3.05) is 11.9 Å². The van der Waals surface area contributed by atoms with Gasteiger partial charge in [-0.2, -0.15) is 0 Å². The number of hydrogen-bond donors (Lipinski definition) is 3. The van der Waals surface area contributed by atoms with Gasteiger partial charge < -0.3 is 15.7 Å². The van der Waals surface area contributed by atoms with Crippen molar-refractivity contribution in [1.29, 1.82) is 0 Å². The van der Waals surface area contributed by atoms with E-state index in [9.17, 15) is 14.7 Å². The Bertz CT molecular complexity index is 585. The number of carbonyl (C=O) groups is 2. The number of nitrogens with one attached hydrogen (secondary N) is 2. The maximum Gasteiger partial charge on any atom is 0.251 e. The predicted octanol–water partition coefficient (Wildman–Crippen LogP) is 2.95. The first kappa shape index (κ1) is 18.5. The van der Waals surface area contributed by atoms with Gasteiger partial charge in [-0.1, -0.05) is 26.8 Å². The normalized spacial score (nSPS) is 21.2. The Balaban J connectivity index is 1.95. The molecule has 24 heavy (non-hydrogen) atoms. The van der Waals surface area contributed by atoms with Gasteiger partial charge in [0.25, 0.3) is 5.91 Å². The van der Waals surface area contributed by atoms with Crippen molar-refractivity contribution < 1.29 is 14.7 Å². The molecule has 3 N–H and O–H groups in total. The standard InChI is InChI=1S/C19H28N2O3/c1-19(2,3)18(24)21-16-6-4-5-14(11-16)17(23)20-15-9-7-13(12-22)8-10-15/h4-6,11,13,15,22H,7-10,12H2,1-3H3,(H,20,23)(H,21,24). The molecule has 1 saturated carbocycles. The van der Waals surface area contributed by atoms with Crippen LogP contribution in [0.25, 0.3) is 0 Å². The molecule has 0 heterocycles. The summed E-state index contributed by atoms with van der Waals surface area (Å²) < 4.78 is 0. The van der Waals surface area contributed by atoms with E-state index in [1.807, 2.05) is 20.8 Å². The van der Waals surface area contributed by atoms with Crippen molar-refractivity contribution in [3.05, 3.63) is 29.8 Å². The van der Waals surface area contributed by atoms with Gasteiger partial charge in [-0.3, -0.25) is 9.59 Å². The van der Waals surface area contributed by atoms with Crippen LogP contribution in [0.15, 0.2) is 24.3 Å². The number of hydrogen-bond acceptors (Lipinski definition) is 3. The lowest BCUT2D eigenvalue weighted by atomic mass is 9.86. The molecule has 0 unspecified atom stereocenters. The molecule has 5 heteroatoms. The summed E-state index contributed by atoms with van der Waals surface area (Å²) >= 11 is 0. The summed E-state index contributed by atoms with van der Waals surface area (Å²) in [7, 11) is 0. The molecule has 2 rings (SSSR count). The molecule has 1 aromatic rings. The maximum atomic E-state index is 12.4. The number of anilines is 1. The molecule has 1 fully saturated rings. The van der Waals surface area contributed by atoms with Crippen LogP contribution >= 0.6 is 0 Å². The van der Waals surface area contributed by atoms with E-state index in [1.54, 1.807) is 24.3 Å². The van der Waals surface area contributed by atoms with Gasteiger partial charge in [0.1, 0.15) is 0 Å². The largest absolute Gasteiger partial charge is 0.396 e. The number of aliphatic hydroxyl groups excluding tert-OH is 1. The molecule has 132 valence electrons. The zero-order chi connectivity index (χ0) is 17.7. The first-order valence-corrected chi connectivity index (χ1v) is 8.63. The molecule has 1 aromatic carbocycles. The molecule has 0 radical (unpaired) electrons. The zero-order valence-electron chi connectivity index (χ0n) is 14.8. The van der Waals surface area contributed by atoms with Crippen LogP contribution in [0.5, 0.6) is 0 Å². The van der Waals surface area contributed by atoms with Gasteiger partial charge in [0.05, 0.1) is 0 Å². The van der Waals surface area contributed by atoms with Crippen LogP contribution < -0.4 is 10.6 Å². The lowest BCUT2D eigenvalue weighted by Crippen LogP contribution is -2.38. The quantitative estimate of drug-likeness (QED) is 0.793. The Morgan fingerprint density at radius 2 is 1.83 bits per heavy atom. The van der Waals surface area contributed by atoms with E-state index < -0.39 is 5.41 Å². The summed E-state index contributed by atoms with van der Waals surface area (Å²) in [5, 5.41) is 15.1. The Morgan fingerprint density at radius 3 is 2.42 bits per heavy atom. The highest BCUT2D eigenvalue weighted by Crippen LogP contribution is 2.24. The van der Waals surface area contributed by atoms with Crippen LogP contribution in [0, 0.1) is 11.3 Å². The van der Waals surface area contributed by atoms with Crippen molar-refractivity contribution in [3.63, 3.8) is 0 Å². The maximum absolute atomic E-state index is 12.4. The number of rotatable bonds is 4. The Morgan fingerprint density at radius 1 is 1.17 bits per heavy atom. The highest BCUT2D eigenvalue weighted by atomic mass is 16.3. The highest BCUT2D eigenvalue weighted by Gasteiger charge is 2.23. The second-order valence-electron chi connectivity index (χ2n) is 7.66. The van der Waals surface area contributed by atoms with E-state index in [2.05, 4.69) is 10.6 Å². The van der Waals surface area contributed by atoms with E-state index in [4.69, 9.17) is 0 Å². The van der Waals surface area contributed by atoms with Crippen LogP contribution in [-0.2, 0) is 4.79 Å². The molecule has 0 saturated heterocycles. The minimum Gasteiger partial charge on any atom is -0.396 e. The predicted molar refractivity (Wildman–Crippen MR) is 94.8 cm³/mol. The molecule has 0 aromatic heterocycles. The summed E-state index contributed by atoms with van der Waals surface area (Å²) in [6, 6.07) is 7.18. The lowest BCUT2D eigenvalue weighted by molar-refractivity contribution is -0.123. The number of benzene rings is 1. The topological polar surface area (TPSA) is 78.4 Å². The second kappa shape index (κ2) is 7.79. The molecule has 0 atom stereocenters. The molecule has 1 aliphatic rings. The third-order valence-corrected chi connectivity index (χ3v) is 4.50. The molecular weight excluding hydrogens is 304 g/mol. The highest BCUT2D eigenvalue weighted by molar-refractivity contribution is 5.98. The van der Waals surface area contributed by atoms with Crippen LogP contribution in [0.2, 0.25) is 0 Å². The van der Waals surface area contributed by atoms with Gasteiger partial charge in [-0.15, -0.1) is 0 Å². The molecule has 0 bridgehead atoms. The van der Waals surface area contributed by atoms with E-state index in [-0.39, 0.29) is 24.5 Å². The summed E-state index contributed by atoms with van der Waals surface area (Å²) in [6.45, 7) is 5.78. The summed E-state index contributed by atoms with van der Waals surface area (Å²) in [4.78, 5) is 24.5. The molecule has 1 aliphatic carbocycles. The van der Waals surface area contributed by atoms with E-state index in [0.29, 0.717) is 17.2 Å². The monoisotopic (exact) mass is 332 g/mol. The van der Waals surface area contributed by atoms with Gasteiger partial charge in [0, 0.05) is 29.3 Å². The Labute approximate surface area is 143 Å². The fourth-order valence-electron chi connectivity index (χ4n) is 2.81. The van der Waals surface area contributed by atoms with Crippen molar-refractivity contribution in [1.82, 2.24) is 5.32 Å². The Kier molecular flexibility index (Phi) is 5.99. The minimum absolute atomic E-state index is 0.0811. The fourth-order valence-corrected chi connectivity index (χ4v) is 2.81. The van der Waals surface area contributed by atoms with Gasteiger partial charge in [-0.05, 0) is 49.8 Å². The van der Waals surface area contributed by atoms with E-state index in [0.717, 1.165) is 25.7 Å². The van der Waals surface area contributed by atoms with Crippen LogP contribution in [0.4, 0.5) is 5.69 Å². The van der Waals surface area contributed by atoms with Gasteiger partial charge in [0.15, 0.2) is 0 Å². The van der Waals surface area contributed by atoms with Crippen molar-refractivity contribution in [2.45, 2.75) is 52.5 Å². The third-order valence-electron chi connectivity index (χ3n) is 4.50. The molecule has 0 aliphatic heterocycles. The van der Waals surface area contributed by atoms with Crippen molar-refractivity contribution in [2.24, 2.45) is 11.3 Å².